The van der Waals surface area contributed by atoms with Crippen LogP contribution in [0.4, 0.5) is 0 Å². The van der Waals surface area contributed by atoms with Crippen LogP contribution in [-0.4, -0.2) is 31.1 Å². The summed E-state index contributed by atoms with van der Waals surface area (Å²) in [7, 11) is 0. The highest BCUT2D eigenvalue weighted by molar-refractivity contribution is 6.30. The summed E-state index contributed by atoms with van der Waals surface area (Å²) in [6.45, 7) is 12.2. The van der Waals surface area contributed by atoms with Crippen LogP contribution in [0.25, 0.3) is 0 Å². The average Bonchev–Trinajstić information content (AvgIpc) is 2.63. The van der Waals surface area contributed by atoms with Gasteiger partial charge in [-0.25, -0.2) is 0 Å². The minimum absolute atomic E-state index is 0.342. The topological polar surface area (TPSA) is 15.3 Å². The predicted octanol–water partition coefficient (Wildman–Crippen LogP) is 5.32. The molecule has 1 unspecified atom stereocenters. The lowest BCUT2D eigenvalue weighted by Gasteiger charge is -2.47. The first-order chi connectivity index (χ1) is 12.6. The molecule has 140 valence electrons. The van der Waals surface area contributed by atoms with E-state index in [0.717, 1.165) is 17.3 Å². The second kappa shape index (κ2) is 8.92. The van der Waals surface area contributed by atoms with Crippen LogP contribution >= 0.6 is 11.6 Å². The average molecular weight is 371 g/mol. The van der Waals surface area contributed by atoms with Crippen molar-refractivity contribution in [1.82, 2.24) is 10.2 Å². The summed E-state index contributed by atoms with van der Waals surface area (Å²) in [6.07, 6.45) is 12.2. The van der Waals surface area contributed by atoms with Crippen molar-refractivity contribution in [2.24, 2.45) is 5.92 Å². The second-order valence-corrected chi connectivity index (χ2v) is 8.26. The fourth-order valence-electron chi connectivity index (χ4n) is 4.42. The number of likely N-dealkylation sites (tertiary alicyclic amines) is 1. The summed E-state index contributed by atoms with van der Waals surface area (Å²) in [4.78, 5) is 2.69. The van der Waals surface area contributed by atoms with Crippen molar-refractivity contribution in [1.29, 1.82) is 0 Å². The molecule has 3 heteroatoms. The Morgan fingerprint density at radius 3 is 2.62 bits per heavy atom. The number of hydrogen-bond donors (Lipinski definition) is 1. The Balaban J connectivity index is 1.59. The summed E-state index contributed by atoms with van der Waals surface area (Å²) in [5, 5.41) is 4.35. The van der Waals surface area contributed by atoms with Gasteiger partial charge in [0.15, 0.2) is 0 Å². The Kier molecular flexibility index (Phi) is 6.61. The van der Waals surface area contributed by atoms with Crippen molar-refractivity contribution in [2.75, 3.05) is 26.2 Å². The quantitative estimate of drug-likeness (QED) is 0.623. The van der Waals surface area contributed by atoms with Crippen molar-refractivity contribution in [3.05, 3.63) is 71.9 Å². The molecule has 1 saturated heterocycles. The van der Waals surface area contributed by atoms with Crippen LogP contribution in [0.2, 0.25) is 5.02 Å². The number of rotatable bonds is 8. The van der Waals surface area contributed by atoms with E-state index in [2.05, 4.69) is 35.5 Å². The van der Waals surface area contributed by atoms with E-state index < -0.39 is 0 Å². The lowest BCUT2D eigenvalue weighted by atomic mass is 9.64. The molecule has 2 aliphatic rings. The maximum atomic E-state index is 6.09. The molecule has 1 aliphatic heterocycles. The molecule has 1 aromatic rings. The molecule has 1 aliphatic carbocycles. The Morgan fingerprint density at radius 2 is 2.00 bits per heavy atom. The Bertz CT molecular complexity index is 643. The fraction of sp³-hybridized carbons (Fsp3) is 0.478. The van der Waals surface area contributed by atoms with Gasteiger partial charge in [-0.15, -0.1) is 0 Å². The number of piperidine rings is 1. The molecule has 0 radical (unpaired) electrons. The number of halogens is 1. The third kappa shape index (κ3) is 4.61. The molecule has 1 atom stereocenters. The molecule has 0 amide bonds. The highest BCUT2D eigenvalue weighted by Gasteiger charge is 2.40. The summed E-state index contributed by atoms with van der Waals surface area (Å²) in [5.74, 6) is 0.694. The van der Waals surface area contributed by atoms with E-state index >= 15 is 0 Å². The van der Waals surface area contributed by atoms with Crippen molar-refractivity contribution < 1.29 is 0 Å². The van der Waals surface area contributed by atoms with Crippen LogP contribution in [0.15, 0.2) is 61.3 Å². The van der Waals surface area contributed by atoms with E-state index in [-0.39, 0.29) is 0 Å². The maximum absolute atomic E-state index is 6.09. The van der Waals surface area contributed by atoms with Gasteiger partial charge in [0.2, 0.25) is 0 Å². The van der Waals surface area contributed by atoms with Crippen molar-refractivity contribution in [3.8, 4) is 0 Å². The number of hydrogen-bond acceptors (Lipinski definition) is 2. The van der Waals surface area contributed by atoms with E-state index in [1.54, 1.807) is 0 Å². The SMILES string of the molecule is C=C/C=C(\C=C)NCC1CCCN(CC2(c3ccc(Cl)cc3)CCC2)C1. The summed E-state index contributed by atoms with van der Waals surface area (Å²) in [5.41, 5.74) is 2.87. The van der Waals surface area contributed by atoms with Gasteiger partial charge in [-0.3, -0.25) is 0 Å². The van der Waals surface area contributed by atoms with Crippen LogP contribution < -0.4 is 5.32 Å². The maximum Gasteiger partial charge on any atom is 0.0406 e. The molecule has 2 nitrogen and oxygen atoms in total. The van der Waals surface area contributed by atoms with Gasteiger partial charge in [0.1, 0.15) is 0 Å². The lowest BCUT2D eigenvalue weighted by molar-refractivity contribution is 0.0995. The lowest BCUT2D eigenvalue weighted by Crippen LogP contribution is -2.49. The first-order valence-corrected chi connectivity index (χ1v) is 10.2. The highest BCUT2D eigenvalue weighted by atomic mass is 35.5. The minimum Gasteiger partial charge on any atom is -0.385 e. The molecule has 26 heavy (non-hydrogen) atoms. The van der Waals surface area contributed by atoms with Crippen LogP contribution in [-0.2, 0) is 5.41 Å². The van der Waals surface area contributed by atoms with E-state index in [0.29, 0.717) is 11.3 Å². The minimum atomic E-state index is 0.342. The van der Waals surface area contributed by atoms with Gasteiger partial charge in [0.25, 0.3) is 0 Å². The predicted molar refractivity (Wildman–Crippen MR) is 113 cm³/mol. The first-order valence-electron chi connectivity index (χ1n) is 9.83. The van der Waals surface area contributed by atoms with Crippen LogP contribution in [0, 0.1) is 5.92 Å². The molecule has 1 heterocycles. The van der Waals surface area contributed by atoms with Crippen LogP contribution in [0.5, 0.6) is 0 Å². The summed E-state index contributed by atoms with van der Waals surface area (Å²) >= 11 is 6.09. The van der Waals surface area contributed by atoms with E-state index in [1.807, 2.05) is 30.4 Å². The van der Waals surface area contributed by atoms with E-state index in [9.17, 15) is 0 Å². The number of nitrogens with zero attached hydrogens (tertiary/aromatic N) is 1. The third-order valence-electron chi connectivity index (χ3n) is 6.01. The molecule has 3 rings (SSSR count). The molecule has 1 aromatic carbocycles. The van der Waals surface area contributed by atoms with Gasteiger partial charge in [-0.2, -0.15) is 0 Å². The molecule has 0 aromatic heterocycles. The van der Waals surface area contributed by atoms with E-state index in [1.165, 1.54) is 57.3 Å². The van der Waals surface area contributed by atoms with Gasteiger partial charge < -0.3 is 10.2 Å². The Morgan fingerprint density at radius 1 is 1.23 bits per heavy atom. The highest BCUT2D eigenvalue weighted by Crippen LogP contribution is 2.45. The summed E-state index contributed by atoms with van der Waals surface area (Å²) in [6, 6.07) is 8.56. The first kappa shape index (κ1) is 19.3. The molecular formula is C23H31ClN2. The number of allylic oxidation sites excluding steroid dienone is 3. The monoisotopic (exact) mass is 370 g/mol. The standard InChI is InChI=1S/C23H31ClN2/c1-3-7-22(4-2)25-16-19-8-5-15-26(17-19)18-23(13-6-14-23)20-9-11-21(24)12-10-20/h3-4,7,9-12,19,25H,1-2,5-6,8,13-18H2/b22-7+. The van der Waals surface area contributed by atoms with Gasteiger partial charge >= 0.3 is 0 Å². The molecule has 1 N–H and O–H groups in total. The number of benzene rings is 1. The van der Waals surface area contributed by atoms with Gasteiger partial charge in [0, 0.05) is 35.8 Å². The molecular weight excluding hydrogens is 340 g/mol. The molecule has 0 bridgehead atoms. The zero-order valence-electron chi connectivity index (χ0n) is 15.7. The largest absolute Gasteiger partial charge is 0.385 e. The Labute approximate surface area is 163 Å². The second-order valence-electron chi connectivity index (χ2n) is 7.83. The fourth-order valence-corrected chi connectivity index (χ4v) is 4.55. The smallest absolute Gasteiger partial charge is 0.0406 e. The zero-order chi connectivity index (χ0) is 18.4. The zero-order valence-corrected chi connectivity index (χ0v) is 16.5. The molecule has 2 fully saturated rings. The van der Waals surface area contributed by atoms with Gasteiger partial charge in [0.05, 0.1) is 0 Å². The van der Waals surface area contributed by atoms with Crippen molar-refractivity contribution in [3.63, 3.8) is 0 Å². The van der Waals surface area contributed by atoms with Crippen LogP contribution in [0.1, 0.15) is 37.7 Å². The van der Waals surface area contributed by atoms with Crippen LogP contribution in [0.3, 0.4) is 0 Å². The molecule has 1 saturated carbocycles. The summed E-state index contributed by atoms with van der Waals surface area (Å²) < 4.78 is 0. The van der Waals surface area contributed by atoms with Crippen molar-refractivity contribution in [2.45, 2.75) is 37.5 Å². The number of nitrogens with one attached hydrogen (secondary N) is 1. The van der Waals surface area contributed by atoms with Gasteiger partial charge in [-0.05, 0) is 68.0 Å². The van der Waals surface area contributed by atoms with Gasteiger partial charge in [-0.1, -0.05) is 49.4 Å². The Hall–Kier alpha value is -1.51. The molecule has 0 spiro atoms. The normalized spacial score (nSPS) is 23.1. The van der Waals surface area contributed by atoms with Crippen molar-refractivity contribution >= 4 is 11.6 Å². The van der Waals surface area contributed by atoms with E-state index in [4.69, 9.17) is 11.6 Å². The third-order valence-corrected chi connectivity index (χ3v) is 6.26.